The van der Waals surface area contributed by atoms with Gasteiger partial charge in [-0.15, -0.1) is 0 Å². The van der Waals surface area contributed by atoms with Crippen molar-refractivity contribution in [2.75, 3.05) is 13.1 Å². The average molecular weight is 332 g/mol. The number of hydrogen-bond acceptors (Lipinski definition) is 3. The van der Waals surface area contributed by atoms with E-state index in [0.717, 1.165) is 30.6 Å². The minimum Gasteiger partial charge on any atom is -0.490 e. The molecular weight excluding hydrogens is 308 g/mol. The van der Waals surface area contributed by atoms with Gasteiger partial charge in [0.15, 0.2) is 0 Å². The van der Waals surface area contributed by atoms with Gasteiger partial charge < -0.3 is 20.1 Å². The van der Waals surface area contributed by atoms with Crippen LogP contribution in [-0.2, 0) is 11.3 Å². The number of piperidine rings is 1. The molecule has 2 aliphatic rings. The molecule has 2 fully saturated rings. The van der Waals surface area contributed by atoms with Gasteiger partial charge >= 0.3 is 12.0 Å². The molecule has 1 unspecified atom stereocenters. The third-order valence-corrected chi connectivity index (χ3v) is 4.81. The fourth-order valence-corrected chi connectivity index (χ4v) is 3.08. The van der Waals surface area contributed by atoms with Gasteiger partial charge in [0.2, 0.25) is 0 Å². The van der Waals surface area contributed by atoms with Crippen molar-refractivity contribution in [2.24, 2.45) is 5.92 Å². The number of benzene rings is 1. The van der Waals surface area contributed by atoms with E-state index in [4.69, 9.17) is 9.84 Å². The molecule has 0 spiro atoms. The van der Waals surface area contributed by atoms with Crippen LogP contribution in [0.1, 0.15) is 37.7 Å². The highest BCUT2D eigenvalue weighted by atomic mass is 16.5. The predicted molar refractivity (Wildman–Crippen MR) is 88.9 cm³/mol. The van der Waals surface area contributed by atoms with Crippen LogP contribution < -0.4 is 10.1 Å². The Kier molecular flexibility index (Phi) is 5.23. The summed E-state index contributed by atoms with van der Waals surface area (Å²) in [7, 11) is 0. The molecular formula is C18H24N2O4. The largest absolute Gasteiger partial charge is 0.490 e. The van der Waals surface area contributed by atoms with Gasteiger partial charge in [0.05, 0.1) is 12.0 Å². The first kappa shape index (κ1) is 16.6. The van der Waals surface area contributed by atoms with E-state index in [-0.39, 0.29) is 12.6 Å². The molecule has 2 N–H and O–H groups in total. The van der Waals surface area contributed by atoms with Gasteiger partial charge in [0.25, 0.3) is 0 Å². The zero-order valence-electron chi connectivity index (χ0n) is 13.7. The number of carboxylic acid groups (broad SMARTS) is 1. The quantitative estimate of drug-likeness (QED) is 0.869. The van der Waals surface area contributed by atoms with E-state index in [9.17, 15) is 9.59 Å². The van der Waals surface area contributed by atoms with E-state index in [2.05, 4.69) is 5.32 Å². The van der Waals surface area contributed by atoms with Crippen molar-refractivity contribution in [3.63, 3.8) is 0 Å². The third kappa shape index (κ3) is 3.99. The van der Waals surface area contributed by atoms with Crippen LogP contribution in [0.3, 0.4) is 0 Å². The average Bonchev–Trinajstić information content (AvgIpc) is 2.57. The van der Waals surface area contributed by atoms with Crippen molar-refractivity contribution in [3.8, 4) is 5.75 Å². The highest BCUT2D eigenvalue weighted by molar-refractivity contribution is 5.76. The summed E-state index contributed by atoms with van der Waals surface area (Å²) in [6, 6.07) is 7.53. The number of nitrogens with zero attached hydrogens (tertiary/aromatic N) is 1. The maximum atomic E-state index is 12.3. The number of likely N-dealkylation sites (tertiary alicyclic amines) is 1. The van der Waals surface area contributed by atoms with Gasteiger partial charge in [0, 0.05) is 25.2 Å². The lowest BCUT2D eigenvalue weighted by atomic mass is 9.96. The lowest BCUT2D eigenvalue weighted by Gasteiger charge is -2.31. The first-order chi connectivity index (χ1) is 11.6. The molecule has 130 valence electrons. The SMILES string of the molecule is O=C(O)C1CCCN(C(=O)NCc2ccccc2OC2CCC2)C1. The molecule has 1 aromatic carbocycles. The summed E-state index contributed by atoms with van der Waals surface area (Å²) in [6.07, 6.45) is 5.04. The van der Waals surface area contributed by atoms with Crippen LogP contribution in [0.5, 0.6) is 5.75 Å². The molecule has 6 heteroatoms. The molecule has 1 aliphatic carbocycles. The van der Waals surface area contributed by atoms with Crippen molar-refractivity contribution in [1.82, 2.24) is 10.2 Å². The minimum atomic E-state index is -0.827. The van der Waals surface area contributed by atoms with Gasteiger partial charge in [0.1, 0.15) is 5.75 Å². The van der Waals surface area contributed by atoms with Crippen molar-refractivity contribution in [2.45, 2.75) is 44.8 Å². The van der Waals surface area contributed by atoms with Gasteiger partial charge in [-0.25, -0.2) is 4.79 Å². The Morgan fingerprint density at radius 1 is 1.21 bits per heavy atom. The Labute approximate surface area is 141 Å². The number of amides is 2. The minimum absolute atomic E-state index is 0.209. The second kappa shape index (κ2) is 7.55. The number of carboxylic acids is 1. The Balaban J connectivity index is 1.55. The summed E-state index contributed by atoms with van der Waals surface area (Å²) in [5.74, 6) is -0.463. The fraction of sp³-hybridized carbons (Fsp3) is 0.556. The molecule has 1 saturated heterocycles. The van der Waals surface area contributed by atoms with E-state index in [1.165, 1.54) is 6.42 Å². The van der Waals surface area contributed by atoms with Gasteiger partial charge in [-0.05, 0) is 38.2 Å². The Bertz CT molecular complexity index is 600. The summed E-state index contributed by atoms with van der Waals surface area (Å²) in [6.45, 7) is 1.27. The summed E-state index contributed by atoms with van der Waals surface area (Å²) >= 11 is 0. The van der Waals surface area contributed by atoms with Crippen LogP contribution in [0.15, 0.2) is 24.3 Å². The Morgan fingerprint density at radius 2 is 2.00 bits per heavy atom. The summed E-state index contributed by atoms with van der Waals surface area (Å²) in [4.78, 5) is 25.0. The van der Waals surface area contributed by atoms with Crippen LogP contribution >= 0.6 is 0 Å². The van der Waals surface area contributed by atoms with Crippen LogP contribution in [0.25, 0.3) is 0 Å². The molecule has 1 saturated carbocycles. The smallest absolute Gasteiger partial charge is 0.317 e. The molecule has 3 rings (SSSR count). The molecule has 1 aromatic rings. The molecule has 2 amide bonds. The number of urea groups is 1. The zero-order chi connectivity index (χ0) is 16.9. The van der Waals surface area contributed by atoms with Crippen molar-refractivity contribution in [1.29, 1.82) is 0 Å². The first-order valence-electron chi connectivity index (χ1n) is 8.63. The number of ether oxygens (including phenoxy) is 1. The van der Waals surface area contributed by atoms with E-state index in [1.807, 2.05) is 24.3 Å². The van der Waals surface area contributed by atoms with E-state index in [0.29, 0.717) is 25.6 Å². The predicted octanol–water partition coefficient (Wildman–Crippen LogP) is 2.62. The van der Waals surface area contributed by atoms with Crippen LogP contribution in [0.4, 0.5) is 4.79 Å². The highest BCUT2D eigenvalue weighted by Crippen LogP contribution is 2.27. The Morgan fingerprint density at radius 3 is 2.71 bits per heavy atom. The zero-order valence-corrected chi connectivity index (χ0v) is 13.7. The number of carbonyl (C=O) groups is 2. The number of hydrogen-bond donors (Lipinski definition) is 2. The molecule has 1 atom stereocenters. The van der Waals surface area contributed by atoms with Crippen molar-refractivity contribution < 1.29 is 19.4 Å². The van der Waals surface area contributed by atoms with Gasteiger partial charge in [-0.3, -0.25) is 4.79 Å². The molecule has 1 heterocycles. The number of para-hydroxylation sites is 1. The maximum Gasteiger partial charge on any atom is 0.317 e. The number of rotatable bonds is 5. The summed E-state index contributed by atoms with van der Waals surface area (Å²) < 4.78 is 5.97. The molecule has 24 heavy (non-hydrogen) atoms. The van der Waals surface area contributed by atoms with Gasteiger partial charge in [-0.1, -0.05) is 18.2 Å². The summed E-state index contributed by atoms with van der Waals surface area (Å²) in [5.41, 5.74) is 0.949. The summed E-state index contributed by atoms with van der Waals surface area (Å²) in [5, 5.41) is 12.0. The second-order valence-corrected chi connectivity index (χ2v) is 6.56. The molecule has 0 aromatic heterocycles. The topological polar surface area (TPSA) is 78.9 Å². The lowest BCUT2D eigenvalue weighted by Crippen LogP contribution is -2.46. The second-order valence-electron chi connectivity index (χ2n) is 6.56. The lowest BCUT2D eigenvalue weighted by molar-refractivity contribution is -0.143. The van der Waals surface area contributed by atoms with E-state index < -0.39 is 11.9 Å². The molecule has 6 nitrogen and oxygen atoms in total. The van der Waals surface area contributed by atoms with Crippen LogP contribution in [0, 0.1) is 5.92 Å². The van der Waals surface area contributed by atoms with Crippen molar-refractivity contribution >= 4 is 12.0 Å². The third-order valence-electron chi connectivity index (χ3n) is 4.81. The number of carbonyl (C=O) groups excluding carboxylic acids is 1. The van der Waals surface area contributed by atoms with Crippen LogP contribution in [-0.4, -0.2) is 41.2 Å². The molecule has 0 radical (unpaired) electrons. The van der Waals surface area contributed by atoms with E-state index >= 15 is 0 Å². The van der Waals surface area contributed by atoms with Crippen molar-refractivity contribution in [3.05, 3.63) is 29.8 Å². The maximum absolute atomic E-state index is 12.3. The molecule has 0 bridgehead atoms. The number of nitrogens with one attached hydrogen (secondary N) is 1. The van der Waals surface area contributed by atoms with Crippen LogP contribution in [0.2, 0.25) is 0 Å². The van der Waals surface area contributed by atoms with Gasteiger partial charge in [-0.2, -0.15) is 0 Å². The first-order valence-corrected chi connectivity index (χ1v) is 8.63. The fourth-order valence-electron chi connectivity index (χ4n) is 3.08. The normalized spacial score (nSPS) is 21.0. The monoisotopic (exact) mass is 332 g/mol. The number of aliphatic carboxylic acids is 1. The standard InChI is InChI=1S/C18H24N2O4/c21-17(22)14-6-4-10-20(12-14)18(23)19-11-13-5-1-2-9-16(13)24-15-7-3-8-15/h1-2,5,9,14-15H,3-4,6-8,10-12H2,(H,19,23)(H,21,22). The Hall–Kier alpha value is -2.24. The van der Waals surface area contributed by atoms with E-state index in [1.54, 1.807) is 4.90 Å². The molecule has 1 aliphatic heterocycles. The highest BCUT2D eigenvalue weighted by Gasteiger charge is 2.28.